The minimum Gasteiger partial charge on any atom is -0.486 e. The van der Waals surface area contributed by atoms with Crippen molar-refractivity contribution in [1.29, 1.82) is 0 Å². The van der Waals surface area contributed by atoms with Crippen LogP contribution in [-0.2, 0) is 10.0 Å². The van der Waals surface area contributed by atoms with Crippen LogP contribution >= 0.6 is 0 Å². The molecule has 0 aliphatic carbocycles. The zero-order valence-electron chi connectivity index (χ0n) is 13.5. The van der Waals surface area contributed by atoms with Gasteiger partial charge < -0.3 is 18.9 Å². The third-order valence-electron chi connectivity index (χ3n) is 4.05. The third-order valence-corrected chi connectivity index (χ3v) is 5.59. The Morgan fingerprint density at radius 1 is 0.880 bits per heavy atom. The van der Waals surface area contributed by atoms with Gasteiger partial charge in [0.05, 0.1) is 4.90 Å². The van der Waals surface area contributed by atoms with Gasteiger partial charge in [0.25, 0.3) is 0 Å². The molecule has 4 rings (SSSR count). The van der Waals surface area contributed by atoms with Gasteiger partial charge in [0, 0.05) is 12.1 Å². The molecule has 1 atom stereocenters. The lowest BCUT2D eigenvalue weighted by Crippen LogP contribution is -2.27. The Labute approximate surface area is 145 Å². The predicted octanol–water partition coefficient (Wildman–Crippen LogP) is 2.23. The summed E-state index contributed by atoms with van der Waals surface area (Å²) in [5.74, 6) is 2.26. The molecule has 0 bridgehead atoms. The van der Waals surface area contributed by atoms with Crippen molar-refractivity contribution < 1.29 is 27.4 Å². The lowest BCUT2D eigenvalue weighted by Gasteiger charge is -2.20. The highest BCUT2D eigenvalue weighted by Crippen LogP contribution is 2.35. The second-order valence-electron chi connectivity index (χ2n) is 5.76. The first-order chi connectivity index (χ1) is 12.0. The molecular weight excluding hydrogens is 346 g/mol. The zero-order chi connectivity index (χ0) is 17.4. The molecule has 2 aliphatic rings. The molecular formula is C17H17NO6S. The first-order valence-electron chi connectivity index (χ1n) is 7.84. The summed E-state index contributed by atoms with van der Waals surface area (Å²) in [5.41, 5.74) is 0.783. The van der Waals surface area contributed by atoms with Crippen LogP contribution in [0.15, 0.2) is 41.3 Å². The molecule has 2 aromatic rings. The van der Waals surface area contributed by atoms with Crippen molar-refractivity contribution in [1.82, 2.24) is 4.72 Å². The van der Waals surface area contributed by atoms with Gasteiger partial charge in [-0.1, -0.05) is 6.07 Å². The van der Waals surface area contributed by atoms with Crippen molar-refractivity contribution >= 4 is 10.0 Å². The Hall–Kier alpha value is -2.45. The Morgan fingerprint density at radius 3 is 2.36 bits per heavy atom. The fourth-order valence-corrected chi connectivity index (χ4v) is 3.99. The molecule has 0 spiro atoms. The summed E-state index contributed by atoms with van der Waals surface area (Å²) in [6, 6.07) is 9.50. The Balaban J connectivity index is 1.56. The van der Waals surface area contributed by atoms with Gasteiger partial charge in [-0.05, 0) is 36.8 Å². The minimum absolute atomic E-state index is 0.129. The standard InChI is InChI=1S/C17H17NO6S/c1-11(12-2-4-15-16(8-12)24-10-23-15)18-25(19,20)13-3-5-14-17(9-13)22-7-6-21-14/h2-5,8-9,11,18H,6-7,10H2,1H3. The van der Waals surface area contributed by atoms with Crippen LogP contribution in [0, 0.1) is 0 Å². The molecule has 25 heavy (non-hydrogen) atoms. The van der Waals surface area contributed by atoms with E-state index in [0.29, 0.717) is 36.2 Å². The van der Waals surface area contributed by atoms with Crippen LogP contribution in [0.4, 0.5) is 0 Å². The summed E-state index contributed by atoms with van der Waals surface area (Å²) in [4.78, 5) is 0.129. The van der Waals surface area contributed by atoms with E-state index in [9.17, 15) is 8.42 Å². The maximum absolute atomic E-state index is 12.7. The summed E-state index contributed by atoms with van der Waals surface area (Å²) in [5, 5.41) is 0. The van der Waals surface area contributed by atoms with Crippen LogP contribution in [0.3, 0.4) is 0 Å². The summed E-state index contributed by atoms with van der Waals surface area (Å²) in [6.07, 6.45) is 0. The van der Waals surface area contributed by atoms with Crippen molar-refractivity contribution in [2.24, 2.45) is 0 Å². The van der Waals surface area contributed by atoms with E-state index in [1.165, 1.54) is 12.1 Å². The van der Waals surface area contributed by atoms with Crippen LogP contribution in [0.5, 0.6) is 23.0 Å². The number of hydrogen-bond donors (Lipinski definition) is 1. The fraction of sp³-hybridized carbons (Fsp3) is 0.294. The highest BCUT2D eigenvalue weighted by atomic mass is 32.2. The van der Waals surface area contributed by atoms with E-state index in [0.717, 1.165) is 5.56 Å². The molecule has 132 valence electrons. The minimum atomic E-state index is -3.71. The van der Waals surface area contributed by atoms with Crippen LogP contribution in [-0.4, -0.2) is 28.4 Å². The molecule has 2 aliphatic heterocycles. The number of rotatable bonds is 4. The third kappa shape index (κ3) is 3.10. The van der Waals surface area contributed by atoms with Gasteiger partial charge in [-0.2, -0.15) is 0 Å². The number of hydrogen-bond acceptors (Lipinski definition) is 6. The Morgan fingerprint density at radius 2 is 1.52 bits per heavy atom. The maximum Gasteiger partial charge on any atom is 0.241 e. The van der Waals surface area contributed by atoms with Crippen LogP contribution in [0.2, 0.25) is 0 Å². The molecule has 0 aromatic heterocycles. The van der Waals surface area contributed by atoms with Crippen molar-refractivity contribution in [2.75, 3.05) is 20.0 Å². The van der Waals surface area contributed by atoms with E-state index in [1.54, 1.807) is 25.1 Å². The quantitative estimate of drug-likeness (QED) is 0.897. The van der Waals surface area contributed by atoms with Crippen molar-refractivity contribution in [2.45, 2.75) is 17.9 Å². The normalized spacial score (nSPS) is 16.5. The van der Waals surface area contributed by atoms with Crippen molar-refractivity contribution in [3.05, 3.63) is 42.0 Å². The van der Waals surface area contributed by atoms with Crippen LogP contribution < -0.4 is 23.7 Å². The average Bonchev–Trinajstić information content (AvgIpc) is 3.08. The van der Waals surface area contributed by atoms with Gasteiger partial charge in [0.2, 0.25) is 16.8 Å². The highest BCUT2D eigenvalue weighted by molar-refractivity contribution is 7.89. The number of ether oxygens (including phenoxy) is 4. The molecule has 0 saturated carbocycles. The lowest BCUT2D eigenvalue weighted by molar-refractivity contribution is 0.171. The number of nitrogens with one attached hydrogen (secondary N) is 1. The Bertz CT molecular complexity index is 911. The van der Waals surface area contributed by atoms with Crippen molar-refractivity contribution in [3.63, 3.8) is 0 Å². The largest absolute Gasteiger partial charge is 0.486 e. The molecule has 0 saturated heterocycles. The van der Waals surface area contributed by atoms with Crippen molar-refractivity contribution in [3.8, 4) is 23.0 Å². The SMILES string of the molecule is CC(NS(=O)(=O)c1ccc2c(c1)OCCO2)c1ccc2c(c1)OCO2. The van der Waals surface area contributed by atoms with E-state index in [-0.39, 0.29) is 11.7 Å². The average molecular weight is 363 g/mol. The molecule has 2 heterocycles. The molecule has 0 fully saturated rings. The maximum atomic E-state index is 12.7. The number of benzene rings is 2. The van der Waals surface area contributed by atoms with Gasteiger partial charge in [-0.15, -0.1) is 0 Å². The lowest BCUT2D eigenvalue weighted by atomic mass is 10.1. The number of sulfonamides is 1. The van der Waals surface area contributed by atoms with Gasteiger partial charge >= 0.3 is 0 Å². The van der Waals surface area contributed by atoms with Crippen LogP contribution in [0.25, 0.3) is 0 Å². The second kappa shape index (κ2) is 6.12. The molecule has 8 heteroatoms. The van der Waals surface area contributed by atoms with E-state index >= 15 is 0 Å². The van der Waals surface area contributed by atoms with Gasteiger partial charge in [-0.3, -0.25) is 0 Å². The molecule has 0 amide bonds. The number of fused-ring (bicyclic) bond motifs is 2. The Kier molecular flexibility index (Phi) is 3.93. The monoisotopic (exact) mass is 363 g/mol. The summed E-state index contributed by atoms with van der Waals surface area (Å²) < 4.78 is 49.5. The smallest absolute Gasteiger partial charge is 0.241 e. The molecule has 2 aromatic carbocycles. The summed E-state index contributed by atoms with van der Waals surface area (Å²) in [7, 11) is -3.71. The molecule has 0 radical (unpaired) electrons. The molecule has 7 nitrogen and oxygen atoms in total. The fourth-order valence-electron chi connectivity index (χ4n) is 2.74. The van der Waals surface area contributed by atoms with Crippen LogP contribution in [0.1, 0.15) is 18.5 Å². The van der Waals surface area contributed by atoms with E-state index in [1.807, 2.05) is 6.07 Å². The van der Waals surface area contributed by atoms with Gasteiger partial charge in [0.1, 0.15) is 13.2 Å². The van der Waals surface area contributed by atoms with Gasteiger partial charge in [0.15, 0.2) is 23.0 Å². The first kappa shape index (κ1) is 16.0. The second-order valence-corrected chi connectivity index (χ2v) is 7.48. The zero-order valence-corrected chi connectivity index (χ0v) is 14.3. The summed E-state index contributed by atoms with van der Waals surface area (Å²) >= 11 is 0. The topological polar surface area (TPSA) is 83.1 Å². The van der Waals surface area contributed by atoms with E-state index in [4.69, 9.17) is 18.9 Å². The van der Waals surface area contributed by atoms with E-state index < -0.39 is 16.1 Å². The molecule has 1 unspecified atom stereocenters. The molecule has 1 N–H and O–H groups in total. The van der Waals surface area contributed by atoms with Gasteiger partial charge in [-0.25, -0.2) is 13.1 Å². The first-order valence-corrected chi connectivity index (χ1v) is 9.33. The summed E-state index contributed by atoms with van der Waals surface area (Å²) in [6.45, 7) is 2.80. The highest BCUT2D eigenvalue weighted by Gasteiger charge is 2.23. The van der Waals surface area contributed by atoms with E-state index in [2.05, 4.69) is 4.72 Å². The predicted molar refractivity (Wildman–Crippen MR) is 88.7 cm³/mol.